The van der Waals surface area contributed by atoms with Crippen LogP contribution in [-0.4, -0.2) is 12.1 Å². The van der Waals surface area contributed by atoms with Gasteiger partial charge in [-0.25, -0.2) is 4.98 Å². The number of fused-ring (bicyclic) bond motifs is 3. The van der Waals surface area contributed by atoms with Crippen molar-refractivity contribution in [3.8, 4) is 5.75 Å². The molecule has 0 atom stereocenters. The molecule has 2 aromatic carbocycles. The van der Waals surface area contributed by atoms with E-state index in [9.17, 15) is 0 Å². The summed E-state index contributed by atoms with van der Waals surface area (Å²) in [5.74, 6) is 0.872. The van der Waals surface area contributed by atoms with Crippen molar-refractivity contribution in [2.75, 3.05) is 7.11 Å². The van der Waals surface area contributed by atoms with E-state index in [1.807, 2.05) is 42.5 Å². The first-order valence-corrected chi connectivity index (χ1v) is 10.0. The van der Waals surface area contributed by atoms with Gasteiger partial charge in [-0.2, -0.15) is 0 Å². The van der Waals surface area contributed by atoms with Crippen LogP contribution >= 0.6 is 50.5 Å². The molecule has 7 heteroatoms. The molecule has 0 bridgehead atoms. The zero-order chi connectivity index (χ0) is 18.7. The Morgan fingerprint density at radius 3 is 2.54 bits per heavy atom. The second-order valence-electron chi connectivity index (χ2n) is 5.40. The number of hydrogen-bond acceptors (Lipinski definition) is 4. The second-order valence-corrected chi connectivity index (χ2v) is 8.10. The topological polar surface area (TPSA) is 48.1 Å². The zero-order valence-electron chi connectivity index (χ0n) is 13.8. The van der Waals surface area contributed by atoms with Gasteiger partial charge in [0.25, 0.3) is 0 Å². The molecule has 0 unspecified atom stereocenters. The number of pyridine rings is 1. The van der Waals surface area contributed by atoms with Crippen molar-refractivity contribution in [3.05, 3.63) is 68.9 Å². The summed E-state index contributed by atoms with van der Waals surface area (Å²) in [5, 5.41) is 3.26. The largest absolute Gasteiger partial charge is 0.497 e. The Labute approximate surface area is 173 Å². The number of benzene rings is 2. The number of ether oxygens (including phenoxy) is 1. The molecule has 0 fully saturated rings. The highest BCUT2D eigenvalue weighted by molar-refractivity contribution is 9.10. The Balaban J connectivity index is 0.000000170. The van der Waals surface area contributed by atoms with E-state index in [0.29, 0.717) is 16.7 Å². The average Bonchev–Trinajstić information content (AvgIpc) is 3.05. The van der Waals surface area contributed by atoms with Crippen LogP contribution in [0.2, 0.25) is 10.2 Å². The maximum atomic E-state index is 6.13. The Bertz CT molecular complexity index is 1030. The summed E-state index contributed by atoms with van der Waals surface area (Å²) in [6.07, 6.45) is 1.72. The summed E-state index contributed by atoms with van der Waals surface area (Å²) >= 11 is 17.3. The Hall–Kier alpha value is -1.37. The first-order chi connectivity index (χ1) is 12.5. The Morgan fingerprint density at radius 2 is 1.88 bits per heavy atom. The molecule has 26 heavy (non-hydrogen) atoms. The Kier molecular flexibility index (Phi) is 6.37. The van der Waals surface area contributed by atoms with Gasteiger partial charge in [-0.1, -0.05) is 35.3 Å². The third-order valence-corrected chi connectivity index (χ3v) is 6.35. The van der Waals surface area contributed by atoms with Crippen molar-refractivity contribution in [2.24, 2.45) is 5.73 Å². The molecule has 3 nitrogen and oxygen atoms in total. The molecule has 0 aliphatic rings. The van der Waals surface area contributed by atoms with Crippen molar-refractivity contribution < 1.29 is 4.74 Å². The normalized spacial score (nSPS) is 10.7. The molecule has 2 aromatic heterocycles. The first kappa shape index (κ1) is 19.4. The van der Waals surface area contributed by atoms with Crippen molar-refractivity contribution >= 4 is 70.6 Å². The van der Waals surface area contributed by atoms with E-state index in [1.165, 1.54) is 0 Å². The molecule has 2 heterocycles. The van der Waals surface area contributed by atoms with Crippen molar-refractivity contribution in [2.45, 2.75) is 6.54 Å². The smallest absolute Gasteiger partial charge is 0.138 e. The van der Waals surface area contributed by atoms with Gasteiger partial charge in [0, 0.05) is 33.2 Å². The van der Waals surface area contributed by atoms with E-state index in [-0.39, 0.29) is 0 Å². The molecule has 0 saturated heterocycles. The number of nitrogens with zero attached hydrogens (tertiary/aromatic N) is 1. The SMILES string of the molecule is COc1ccc(CN)cc1.Clc1ccc2sc3c(Br)cnc(Cl)c3c2c1. The van der Waals surface area contributed by atoms with E-state index in [4.69, 9.17) is 33.7 Å². The van der Waals surface area contributed by atoms with Crippen molar-refractivity contribution in [1.82, 2.24) is 4.98 Å². The number of hydrogen-bond donors (Lipinski definition) is 1. The molecule has 0 amide bonds. The number of methoxy groups -OCH3 is 1. The summed E-state index contributed by atoms with van der Waals surface area (Å²) in [4.78, 5) is 4.14. The van der Waals surface area contributed by atoms with Crippen LogP contribution in [0.25, 0.3) is 20.2 Å². The molecule has 0 radical (unpaired) electrons. The van der Waals surface area contributed by atoms with E-state index in [1.54, 1.807) is 24.6 Å². The van der Waals surface area contributed by atoms with Crippen LogP contribution in [0.1, 0.15) is 5.56 Å². The van der Waals surface area contributed by atoms with Crippen LogP contribution in [0.15, 0.2) is 53.1 Å². The minimum Gasteiger partial charge on any atom is -0.497 e. The highest BCUT2D eigenvalue weighted by Gasteiger charge is 2.12. The van der Waals surface area contributed by atoms with E-state index < -0.39 is 0 Å². The third kappa shape index (κ3) is 4.13. The second kappa shape index (κ2) is 8.55. The van der Waals surface area contributed by atoms with Crippen molar-refractivity contribution in [1.29, 1.82) is 0 Å². The summed E-state index contributed by atoms with van der Waals surface area (Å²) in [6.45, 7) is 0.587. The van der Waals surface area contributed by atoms with E-state index in [0.717, 1.165) is 36.0 Å². The Morgan fingerprint density at radius 1 is 1.15 bits per heavy atom. The summed E-state index contributed by atoms with van der Waals surface area (Å²) in [5.41, 5.74) is 6.53. The maximum absolute atomic E-state index is 6.13. The van der Waals surface area contributed by atoms with Crippen LogP contribution < -0.4 is 10.5 Å². The standard InChI is InChI=1S/C11H4BrCl2NS.C8H11NO/c12-7-4-15-11(14)9-6-3-5(13)1-2-8(6)16-10(7)9;1-10-8-4-2-7(6-9)3-5-8/h1-4H;2-5H,6,9H2,1H3. The van der Waals surface area contributed by atoms with Crippen molar-refractivity contribution in [3.63, 3.8) is 0 Å². The molecule has 4 aromatic rings. The highest BCUT2D eigenvalue weighted by atomic mass is 79.9. The van der Waals surface area contributed by atoms with E-state index in [2.05, 4.69) is 20.9 Å². The lowest BCUT2D eigenvalue weighted by Crippen LogP contribution is -1.95. The average molecular weight is 470 g/mol. The fourth-order valence-corrected chi connectivity index (χ4v) is 4.54. The number of nitrogens with two attached hydrogens (primary N) is 1. The predicted molar refractivity (Wildman–Crippen MR) is 116 cm³/mol. The summed E-state index contributed by atoms with van der Waals surface area (Å²) in [7, 11) is 1.65. The first-order valence-electron chi connectivity index (χ1n) is 7.68. The molecular formula is C19H15BrCl2N2OS. The van der Waals surface area contributed by atoms with Gasteiger partial charge in [-0.3, -0.25) is 0 Å². The van der Waals surface area contributed by atoms with Gasteiger partial charge in [-0.15, -0.1) is 11.3 Å². The highest BCUT2D eigenvalue weighted by Crippen LogP contribution is 2.41. The molecular weight excluding hydrogens is 455 g/mol. The lowest BCUT2D eigenvalue weighted by molar-refractivity contribution is 0.414. The number of rotatable bonds is 2. The summed E-state index contributed by atoms with van der Waals surface area (Å²) in [6, 6.07) is 13.5. The minimum atomic E-state index is 0.520. The lowest BCUT2D eigenvalue weighted by Gasteiger charge is -1.99. The molecule has 0 aliphatic carbocycles. The van der Waals surface area contributed by atoms with Crippen LogP contribution in [0.5, 0.6) is 5.75 Å². The molecule has 4 rings (SSSR count). The number of halogens is 3. The third-order valence-electron chi connectivity index (χ3n) is 3.76. The predicted octanol–water partition coefficient (Wildman–Crippen LogP) is 6.67. The van der Waals surface area contributed by atoms with Gasteiger partial charge in [-0.05, 0) is 51.8 Å². The quantitative estimate of drug-likeness (QED) is 0.333. The van der Waals surface area contributed by atoms with Crippen LogP contribution in [-0.2, 0) is 6.54 Å². The molecule has 0 saturated carbocycles. The lowest BCUT2D eigenvalue weighted by atomic mass is 10.2. The molecule has 0 spiro atoms. The molecule has 0 aliphatic heterocycles. The van der Waals surface area contributed by atoms with Crippen LogP contribution in [0.4, 0.5) is 0 Å². The molecule has 134 valence electrons. The number of aromatic nitrogens is 1. The molecule has 2 N–H and O–H groups in total. The van der Waals surface area contributed by atoms with Gasteiger partial charge in [0.1, 0.15) is 10.9 Å². The van der Waals surface area contributed by atoms with E-state index >= 15 is 0 Å². The minimum absolute atomic E-state index is 0.520. The van der Waals surface area contributed by atoms with Gasteiger partial charge >= 0.3 is 0 Å². The number of thiophene rings is 1. The maximum Gasteiger partial charge on any atom is 0.138 e. The zero-order valence-corrected chi connectivity index (χ0v) is 17.7. The van der Waals surface area contributed by atoms with Gasteiger partial charge in [0.15, 0.2) is 0 Å². The monoisotopic (exact) mass is 468 g/mol. The van der Waals surface area contributed by atoms with Gasteiger partial charge in [0.2, 0.25) is 0 Å². The fraction of sp³-hybridized carbons (Fsp3) is 0.105. The van der Waals surface area contributed by atoms with Crippen LogP contribution in [0, 0.1) is 0 Å². The fourth-order valence-electron chi connectivity index (χ4n) is 2.44. The summed E-state index contributed by atoms with van der Waals surface area (Å²) < 4.78 is 8.21. The van der Waals surface area contributed by atoms with Gasteiger partial charge in [0.05, 0.1) is 16.3 Å². The van der Waals surface area contributed by atoms with Crippen LogP contribution in [0.3, 0.4) is 0 Å². The van der Waals surface area contributed by atoms with Gasteiger partial charge < -0.3 is 10.5 Å².